The Labute approximate surface area is 84.5 Å². The molecule has 0 aromatic carbocycles. The molecule has 1 heterocycles. The molecule has 2 fully saturated rings. The van der Waals surface area contributed by atoms with Crippen molar-refractivity contribution in [2.24, 2.45) is 11.8 Å². The smallest absolute Gasteiger partial charge is 0.223 e. The molecule has 0 aromatic heterocycles. The van der Waals surface area contributed by atoms with E-state index in [-0.39, 0.29) is 23.5 Å². The van der Waals surface area contributed by atoms with Crippen LogP contribution < -0.4 is 0 Å². The molecule has 3 nitrogen and oxygen atoms in total. The van der Waals surface area contributed by atoms with E-state index in [4.69, 9.17) is 0 Å². The van der Waals surface area contributed by atoms with E-state index in [2.05, 4.69) is 0 Å². The number of hydrogen-bond acceptors (Lipinski definition) is 2. The highest BCUT2D eigenvalue weighted by atomic mass is 16.2. The molecular weight excluding hydrogens is 178 g/mol. The van der Waals surface area contributed by atoms with Gasteiger partial charge in [0.15, 0.2) is 0 Å². The number of amides is 1. The first-order valence-electron chi connectivity index (χ1n) is 5.42. The Morgan fingerprint density at radius 2 is 2.07 bits per heavy atom. The van der Waals surface area contributed by atoms with Crippen LogP contribution >= 0.6 is 0 Å². The van der Waals surface area contributed by atoms with E-state index in [9.17, 15) is 9.59 Å². The van der Waals surface area contributed by atoms with Gasteiger partial charge >= 0.3 is 0 Å². The van der Waals surface area contributed by atoms with Crippen LogP contribution in [0, 0.1) is 11.8 Å². The molecule has 3 heteroatoms. The van der Waals surface area contributed by atoms with Crippen LogP contribution in [0.15, 0.2) is 0 Å². The Balaban J connectivity index is 1.98. The van der Waals surface area contributed by atoms with Crippen molar-refractivity contribution in [3.8, 4) is 0 Å². The average Bonchev–Trinajstić information content (AvgIpc) is 2.89. The second-order valence-electron chi connectivity index (χ2n) is 4.74. The van der Waals surface area contributed by atoms with Gasteiger partial charge in [-0.1, -0.05) is 13.8 Å². The minimum absolute atomic E-state index is 0.0249. The van der Waals surface area contributed by atoms with E-state index in [0.717, 1.165) is 12.8 Å². The third-order valence-electron chi connectivity index (χ3n) is 3.12. The lowest BCUT2D eigenvalue weighted by Gasteiger charge is -2.15. The zero-order valence-corrected chi connectivity index (χ0v) is 8.82. The fraction of sp³-hybridized carbons (Fsp3) is 0.818. The summed E-state index contributed by atoms with van der Waals surface area (Å²) in [6, 6.07) is 0.465. The van der Waals surface area contributed by atoms with Gasteiger partial charge in [-0.15, -0.1) is 0 Å². The van der Waals surface area contributed by atoms with E-state index >= 15 is 0 Å². The van der Waals surface area contributed by atoms with Gasteiger partial charge in [-0.05, 0) is 12.8 Å². The van der Waals surface area contributed by atoms with Crippen molar-refractivity contribution >= 4 is 11.7 Å². The number of hydrogen-bond donors (Lipinski definition) is 0. The molecule has 1 aliphatic heterocycles. The molecule has 1 unspecified atom stereocenters. The predicted octanol–water partition coefficient (Wildman–Crippen LogP) is 1.22. The molecule has 0 N–H and O–H groups in total. The minimum Gasteiger partial charge on any atom is -0.339 e. The van der Waals surface area contributed by atoms with Crippen LogP contribution in [0.5, 0.6) is 0 Å². The molecule has 14 heavy (non-hydrogen) atoms. The molecule has 0 aromatic rings. The summed E-state index contributed by atoms with van der Waals surface area (Å²) in [7, 11) is 0. The number of likely N-dealkylation sites (tertiary alicyclic amines) is 1. The average molecular weight is 195 g/mol. The zero-order chi connectivity index (χ0) is 10.3. The molecule has 0 spiro atoms. The number of ketones is 1. The maximum Gasteiger partial charge on any atom is 0.223 e. The number of rotatable bonds is 3. The first-order valence-corrected chi connectivity index (χ1v) is 5.42. The second-order valence-corrected chi connectivity index (χ2v) is 4.74. The fourth-order valence-corrected chi connectivity index (χ4v) is 2.13. The molecule has 1 atom stereocenters. The molecule has 2 aliphatic rings. The topological polar surface area (TPSA) is 37.4 Å². The molecule has 1 amide bonds. The molecule has 2 rings (SSSR count). The summed E-state index contributed by atoms with van der Waals surface area (Å²) in [5, 5.41) is 0. The number of carbonyl (C=O) groups is 2. The van der Waals surface area contributed by atoms with Gasteiger partial charge in [-0.3, -0.25) is 9.59 Å². The molecule has 0 radical (unpaired) electrons. The largest absolute Gasteiger partial charge is 0.339 e. The monoisotopic (exact) mass is 195 g/mol. The first-order chi connectivity index (χ1) is 6.59. The number of nitrogens with zero attached hydrogens (tertiary/aromatic N) is 1. The highest BCUT2D eigenvalue weighted by Gasteiger charge is 2.41. The van der Waals surface area contributed by atoms with Crippen LogP contribution in [-0.4, -0.2) is 29.2 Å². The van der Waals surface area contributed by atoms with Crippen LogP contribution in [-0.2, 0) is 9.59 Å². The van der Waals surface area contributed by atoms with E-state index in [1.807, 2.05) is 18.7 Å². The van der Waals surface area contributed by atoms with Crippen LogP contribution in [0.2, 0.25) is 0 Å². The van der Waals surface area contributed by atoms with E-state index in [1.165, 1.54) is 0 Å². The lowest BCUT2D eigenvalue weighted by molar-refractivity contribution is -0.129. The third-order valence-corrected chi connectivity index (χ3v) is 3.12. The summed E-state index contributed by atoms with van der Waals surface area (Å²) in [5.74, 6) is 0.475. The van der Waals surface area contributed by atoms with Crippen molar-refractivity contribution in [2.75, 3.05) is 6.54 Å². The molecular formula is C11H17NO2. The highest BCUT2D eigenvalue weighted by Crippen LogP contribution is 2.33. The van der Waals surface area contributed by atoms with Crippen LogP contribution in [0.3, 0.4) is 0 Å². The van der Waals surface area contributed by atoms with Crippen LogP contribution in [0.1, 0.15) is 33.1 Å². The second kappa shape index (κ2) is 3.37. The normalized spacial score (nSPS) is 27.5. The SMILES string of the molecule is CC(C)C(=O)C1CC(=O)N(C2CC2)C1. The van der Waals surface area contributed by atoms with Gasteiger partial charge in [0.25, 0.3) is 0 Å². The van der Waals surface area contributed by atoms with Gasteiger partial charge in [0.2, 0.25) is 5.91 Å². The van der Waals surface area contributed by atoms with Crippen molar-refractivity contribution in [3.63, 3.8) is 0 Å². The van der Waals surface area contributed by atoms with Crippen molar-refractivity contribution in [1.82, 2.24) is 4.90 Å². The summed E-state index contributed by atoms with van der Waals surface area (Å²) >= 11 is 0. The van der Waals surface area contributed by atoms with Crippen LogP contribution in [0.4, 0.5) is 0 Å². The lowest BCUT2D eigenvalue weighted by Crippen LogP contribution is -2.29. The Bertz CT molecular complexity index is 268. The minimum atomic E-state index is -0.0249. The highest BCUT2D eigenvalue weighted by molar-refractivity contribution is 5.91. The molecule has 1 saturated heterocycles. The van der Waals surface area contributed by atoms with Crippen LogP contribution in [0.25, 0.3) is 0 Å². The summed E-state index contributed by atoms with van der Waals surface area (Å²) in [6.45, 7) is 4.50. The summed E-state index contributed by atoms with van der Waals surface area (Å²) < 4.78 is 0. The Hall–Kier alpha value is -0.860. The van der Waals surface area contributed by atoms with Gasteiger partial charge in [-0.25, -0.2) is 0 Å². The number of Topliss-reactive ketones (excluding diaryl/α,β-unsaturated/α-hetero) is 1. The van der Waals surface area contributed by atoms with Crippen molar-refractivity contribution < 1.29 is 9.59 Å². The zero-order valence-electron chi connectivity index (χ0n) is 8.82. The van der Waals surface area contributed by atoms with Gasteiger partial charge in [-0.2, -0.15) is 0 Å². The fourth-order valence-electron chi connectivity index (χ4n) is 2.13. The van der Waals surface area contributed by atoms with Gasteiger partial charge in [0, 0.05) is 30.8 Å². The van der Waals surface area contributed by atoms with Crippen molar-refractivity contribution in [1.29, 1.82) is 0 Å². The first kappa shape index (κ1) is 9.69. The third kappa shape index (κ3) is 1.68. The van der Waals surface area contributed by atoms with E-state index in [0.29, 0.717) is 19.0 Å². The van der Waals surface area contributed by atoms with Gasteiger partial charge < -0.3 is 4.90 Å². The molecule has 0 bridgehead atoms. The quantitative estimate of drug-likeness (QED) is 0.679. The van der Waals surface area contributed by atoms with E-state index in [1.54, 1.807) is 0 Å². The summed E-state index contributed by atoms with van der Waals surface area (Å²) in [5.41, 5.74) is 0. The van der Waals surface area contributed by atoms with Crippen molar-refractivity contribution in [3.05, 3.63) is 0 Å². The van der Waals surface area contributed by atoms with Crippen molar-refractivity contribution in [2.45, 2.75) is 39.2 Å². The predicted molar refractivity (Wildman–Crippen MR) is 52.7 cm³/mol. The molecule has 78 valence electrons. The maximum absolute atomic E-state index is 11.7. The Morgan fingerprint density at radius 3 is 2.57 bits per heavy atom. The lowest BCUT2D eigenvalue weighted by atomic mass is 9.95. The summed E-state index contributed by atoms with van der Waals surface area (Å²) in [6.07, 6.45) is 2.72. The van der Waals surface area contributed by atoms with Gasteiger partial charge in [0.1, 0.15) is 5.78 Å². The molecule has 1 aliphatic carbocycles. The molecule has 1 saturated carbocycles. The van der Waals surface area contributed by atoms with E-state index < -0.39 is 0 Å². The Kier molecular flexibility index (Phi) is 2.33. The summed E-state index contributed by atoms with van der Waals surface area (Å²) in [4.78, 5) is 25.2. The maximum atomic E-state index is 11.7. The number of carbonyl (C=O) groups excluding carboxylic acids is 2. The van der Waals surface area contributed by atoms with Gasteiger partial charge in [0.05, 0.1) is 0 Å². The Morgan fingerprint density at radius 1 is 1.43 bits per heavy atom. The standard InChI is InChI=1S/C11H17NO2/c1-7(2)11(14)8-5-10(13)12(6-8)9-3-4-9/h7-9H,3-6H2,1-2H3.